The van der Waals surface area contributed by atoms with Crippen LogP contribution in [0.1, 0.15) is 36.7 Å². The van der Waals surface area contributed by atoms with Crippen LogP contribution in [-0.4, -0.2) is 16.5 Å². The molecular weight excluding hydrogens is 278 g/mol. The maximum atomic E-state index is 12.0. The van der Waals surface area contributed by atoms with Crippen molar-refractivity contribution >= 4 is 11.7 Å². The molecule has 2 rings (SSSR count). The number of hydrogen-bond acceptors (Lipinski definition) is 4. The Bertz CT molecular complexity index is 646. The normalized spacial score (nSPS) is 11.0. The molecule has 0 aliphatic rings. The Morgan fingerprint density at radius 2 is 1.91 bits per heavy atom. The van der Waals surface area contributed by atoms with Gasteiger partial charge in [-0.25, -0.2) is 4.98 Å². The molecule has 0 saturated carbocycles. The molecule has 1 heterocycles. The SMILES string of the molecule is CC(C)(C)Oc1ccc(CNC(=O)c2cccnc2N)cc1. The third-order valence-electron chi connectivity index (χ3n) is 2.88. The summed E-state index contributed by atoms with van der Waals surface area (Å²) < 4.78 is 5.76. The number of pyridine rings is 1. The average molecular weight is 299 g/mol. The van der Waals surface area contributed by atoms with Crippen LogP contribution in [0.4, 0.5) is 5.82 Å². The molecule has 0 atom stereocenters. The smallest absolute Gasteiger partial charge is 0.255 e. The first-order chi connectivity index (χ1) is 10.3. The Labute approximate surface area is 130 Å². The van der Waals surface area contributed by atoms with Gasteiger partial charge in [-0.1, -0.05) is 12.1 Å². The fourth-order valence-electron chi connectivity index (χ4n) is 1.92. The van der Waals surface area contributed by atoms with E-state index in [4.69, 9.17) is 10.5 Å². The van der Waals surface area contributed by atoms with Crippen molar-refractivity contribution in [3.05, 3.63) is 53.7 Å². The van der Waals surface area contributed by atoms with Crippen LogP contribution >= 0.6 is 0 Å². The lowest BCUT2D eigenvalue weighted by Gasteiger charge is -2.21. The summed E-state index contributed by atoms with van der Waals surface area (Å²) in [5, 5.41) is 2.82. The van der Waals surface area contributed by atoms with E-state index in [9.17, 15) is 4.79 Å². The van der Waals surface area contributed by atoms with Crippen molar-refractivity contribution in [2.45, 2.75) is 32.9 Å². The molecule has 5 nitrogen and oxygen atoms in total. The largest absolute Gasteiger partial charge is 0.488 e. The lowest BCUT2D eigenvalue weighted by atomic mass is 10.1. The standard InChI is InChI=1S/C17H21N3O2/c1-17(2,3)22-13-8-6-12(7-9-13)11-20-16(21)14-5-4-10-19-15(14)18/h4-10H,11H2,1-3H3,(H2,18,19)(H,20,21). The summed E-state index contributed by atoms with van der Waals surface area (Å²) in [5.41, 5.74) is 6.82. The second-order valence-electron chi connectivity index (χ2n) is 5.98. The molecule has 116 valence electrons. The van der Waals surface area contributed by atoms with Gasteiger partial charge in [0.05, 0.1) is 5.56 Å². The molecule has 0 unspecified atom stereocenters. The van der Waals surface area contributed by atoms with Gasteiger partial charge >= 0.3 is 0 Å². The van der Waals surface area contributed by atoms with Gasteiger partial charge in [0.1, 0.15) is 17.2 Å². The van der Waals surface area contributed by atoms with E-state index in [1.165, 1.54) is 0 Å². The van der Waals surface area contributed by atoms with Crippen LogP contribution in [0.3, 0.4) is 0 Å². The van der Waals surface area contributed by atoms with E-state index in [0.717, 1.165) is 11.3 Å². The van der Waals surface area contributed by atoms with E-state index >= 15 is 0 Å². The van der Waals surface area contributed by atoms with Crippen LogP contribution in [-0.2, 0) is 6.54 Å². The molecule has 0 saturated heterocycles. The second-order valence-corrected chi connectivity index (χ2v) is 5.98. The maximum absolute atomic E-state index is 12.0. The van der Waals surface area contributed by atoms with E-state index in [1.54, 1.807) is 18.3 Å². The van der Waals surface area contributed by atoms with E-state index in [0.29, 0.717) is 12.1 Å². The Morgan fingerprint density at radius 1 is 1.23 bits per heavy atom. The van der Waals surface area contributed by atoms with Crippen LogP contribution in [0.5, 0.6) is 5.75 Å². The molecular formula is C17H21N3O2. The third kappa shape index (κ3) is 4.48. The van der Waals surface area contributed by atoms with Crippen molar-refractivity contribution in [1.29, 1.82) is 0 Å². The molecule has 1 amide bonds. The first-order valence-electron chi connectivity index (χ1n) is 7.12. The third-order valence-corrected chi connectivity index (χ3v) is 2.88. The van der Waals surface area contributed by atoms with Crippen LogP contribution in [0.25, 0.3) is 0 Å². The zero-order valence-electron chi connectivity index (χ0n) is 13.1. The van der Waals surface area contributed by atoms with Gasteiger partial charge in [-0.3, -0.25) is 4.79 Å². The van der Waals surface area contributed by atoms with Gasteiger partial charge in [-0.05, 0) is 50.6 Å². The van der Waals surface area contributed by atoms with Crippen molar-refractivity contribution in [3.63, 3.8) is 0 Å². The van der Waals surface area contributed by atoms with Crippen LogP contribution in [0.2, 0.25) is 0 Å². The number of nitrogen functional groups attached to an aromatic ring is 1. The van der Waals surface area contributed by atoms with Gasteiger partial charge in [0, 0.05) is 12.7 Å². The molecule has 0 fully saturated rings. The number of carbonyl (C=O) groups is 1. The highest BCUT2D eigenvalue weighted by atomic mass is 16.5. The minimum Gasteiger partial charge on any atom is -0.488 e. The van der Waals surface area contributed by atoms with Crippen LogP contribution < -0.4 is 15.8 Å². The number of hydrogen-bond donors (Lipinski definition) is 2. The number of benzene rings is 1. The molecule has 0 spiro atoms. The van der Waals surface area contributed by atoms with Crippen molar-refractivity contribution < 1.29 is 9.53 Å². The highest BCUT2D eigenvalue weighted by molar-refractivity contribution is 5.98. The summed E-state index contributed by atoms with van der Waals surface area (Å²) in [6, 6.07) is 11.0. The Balaban J connectivity index is 1.95. The molecule has 1 aromatic carbocycles. The number of anilines is 1. The molecule has 3 N–H and O–H groups in total. The topological polar surface area (TPSA) is 77.2 Å². The van der Waals surface area contributed by atoms with Gasteiger partial charge < -0.3 is 15.8 Å². The van der Waals surface area contributed by atoms with Crippen molar-refractivity contribution in [1.82, 2.24) is 10.3 Å². The number of carbonyl (C=O) groups excluding carboxylic acids is 1. The first-order valence-corrected chi connectivity index (χ1v) is 7.12. The number of ether oxygens (including phenoxy) is 1. The number of amides is 1. The summed E-state index contributed by atoms with van der Waals surface area (Å²) in [4.78, 5) is 15.9. The second kappa shape index (κ2) is 6.47. The van der Waals surface area contributed by atoms with Crippen LogP contribution in [0, 0.1) is 0 Å². The van der Waals surface area contributed by atoms with Gasteiger partial charge in [-0.15, -0.1) is 0 Å². The highest BCUT2D eigenvalue weighted by Gasteiger charge is 2.12. The molecule has 1 aromatic heterocycles. The highest BCUT2D eigenvalue weighted by Crippen LogP contribution is 2.18. The zero-order chi connectivity index (χ0) is 16.2. The Kier molecular flexibility index (Phi) is 4.65. The molecule has 22 heavy (non-hydrogen) atoms. The van der Waals surface area contributed by atoms with E-state index in [-0.39, 0.29) is 17.3 Å². The summed E-state index contributed by atoms with van der Waals surface area (Å²) in [6.07, 6.45) is 1.56. The summed E-state index contributed by atoms with van der Waals surface area (Å²) in [6.45, 7) is 6.42. The van der Waals surface area contributed by atoms with E-state index < -0.39 is 0 Å². The number of nitrogens with two attached hydrogens (primary N) is 1. The molecule has 2 aromatic rings. The number of nitrogens with zero attached hydrogens (tertiary/aromatic N) is 1. The minimum absolute atomic E-state index is 0.229. The quantitative estimate of drug-likeness (QED) is 0.910. The Morgan fingerprint density at radius 3 is 2.50 bits per heavy atom. The van der Waals surface area contributed by atoms with Gasteiger partial charge in [-0.2, -0.15) is 0 Å². The molecule has 0 aliphatic heterocycles. The summed E-state index contributed by atoms with van der Waals surface area (Å²) in [7, 11) is 0. The minimum atomic E-state index is -0.236. The fraction of sp³-hybridized carbons (Fsp3) is 0.294. The fourth-order valence-corrected chi connectivity index (χ4v) is 1.92. The number of rotatable bonds is 4. The van der Waals surface area contributed by atoms with Crippen LogP contribution in [0.15, 0.2) is 42.6 Å². The van der Waals surface area contributed by atoms with Crippen molar-refractivity contribution in [2.24, 2.45) is 0 Å². The van der Waals surface area contributed by atoms with Gasteiger partial charge in [0.15, 0.2) is 0 Å². The molecule has 0 bridgehead atoms. The lowest BCUT2D eigenvalue weighted by molar-refractivity contribution is 0.0951. The summed E-state index contributed by atoms with van der Waals surface area (Å²) in [5.74, 6) is 0.800. The van der Waals surface area contributed by atoms with Crippen molar-refractivity contribution in [3.8, 4) is 5.75 Å². The molecule has 0 radical (unpaired) electrons. The van der Waals surface area contributed by atoms with E-state index in [1.807, 2.05) is 45.0 Å². The Hall–Kier alpha value is -2.56. The first kappa shape index (κ1) is 15.8. The predicted molar refractivity (Wildman–Crippen MR) is 86.6 cm³/mol. The molecule has 0 aliphatic carbocycles. The van der Waals surface area contributed by atoms with Gasteiger partial charge in [0.25, 0.3) is 5.91 Å². The zero-order valence-corrected chi connectivity index (χ0v) is 13.1. The monoisotopic (exact) mass is 299 g/mol. The number of nitrogens with one attached hydrogen (secondary N) is 1. The van der Waals surface area contributed by atoms with E-state index in [2.05, 4.69) is 10.3 Å². The number of aromatic nitrogens is 1. The predicted octanol–water partition coefficient (Wildman–Crippen LogP) is 2.77. The van der Waals surface area contributed by atoms with Crippen molar-refractivity contribution in [2.75, 3.05) is 5.73 Å². The van der Waals surface area contributed by atoms with Gasteiger partial charge in [0.2, 0.25) is 0 Å². The maximum Gasteiger partial charge on any atom is 0.255 e. The summed E-state index contributed by atoms with van der Waals surface area (Å²) >= 11 is 0. The average Bonchev–Trinajstić information content (AvgIpc) is 2.45. The molecule has 5 heteroatoms. The lowest BCUT2D eigenvalue weighted by Crippen LogP contribution is -2.24.